The second-order valence-corrected chi connectivity index (χ2v) is 10.0. The highest BCUT2D eigenvalue weighted by molar-refractivity contribution is 6.15. The van der Waals surface area contributed by atoms with Crippen molar-refractivity contribution in [2.75, 3.05) is 4.90 Å². The zero-order valence-electron chi connectivity index (χ0n) is 21.7. The van der Waals surface area contributed by atoms with Crippen molar-refractivity contribution in [3.05, 3.63) is 146 Å². The predicted octanol–water partition coefficient (Wildman–Crippen LogP) is 10.4. The van der Waals surface area contributed by atoms with Gasteiger partial charge in [0.25, 0.3) is 0 Å². The summed E-state index contributed by atoms with van der Waals surface area (Å²) in [5, 5.41) is 5.89. The van der Waals surface area contributed by atoms with Gasteiger partial charge in [0, 0.05) is 28.3 Å². The van der Waals surface area contributed by atoms with Gasteiger partial charge in [-0.25, -0.2) is 0 Å². The van der Waals surface area contributed by atoms with Crippen LogP contribution in [0.5, 0.6) is 0 Å². The van der Waals surface area contributed by atoms with E-state index in [1.807, 2.05) is 18.3 Å². The minimum absolute atomic E-state index is 0.796. The number of pyridine rings is 1. The Labute approximate surface area is 231 Å². The van der Waals surface area contributed by atoms with Crippen molar-refractivity contribution < 1.29 is 4.42 Å². The third-order valence-corrected chi connectivity index (χ3v) is 7.69. The molecule has 0 N–H and O–H groups in total. The van der Waals surface area contributed by atoms with E-state index in [0.717, 1.165) is 39.1 Å². The van der Waals surface area contributed by atoms with Crippen LogP contribution in [0.25, 0.3) is 54.7 Å². The number of furan rings is 1. The van der Waals surface area contributed by atoms with Crippen LogP contribution < -0.4 is 4.90 Å². The lowest BCUT2D eigenvalue weighted by Gasteiger charge is -2.28. The lowest BCUT2D eigenvalue weighted by atomic mass is 9.98. The van der Waals surface area contributed by atoms with Gasteiger partial charge in [0.1, 0.15) is 11.1 Å². The highest BCUT2D eigenvalue weighted by atomic mass is 16.3. The van der Waals surface area contributed by atoms with E-state index in [2.05, 4.69) is 137 Å². The van der Waals surface area contributed by atoms with Crippen LogP contribution in [0.4, 0.5) is 17.1 Å². The molecule has 0 saturated heterocycles. The summed E-state index contributed by atoms with van der Waals surface area (Å²) in [4.78, 5) is 6.99. The second-order valence-electron chi connectivity index (χ2n) is 10.0. The maximum Gasteiger partial charge on any atom is 0.153 e. The number of benzene rings is 6. The quantitative estimate of drug-likeness (QED) is 0.220. The summed E-state index contributed by atoms with van der Waals surface area (Å²) < 4.78 is 6.11. The van der Waals surface area contributed by atoms with Crippen LogP contribution in [0.1, 0.15) is 0 Å². The molecule has 0 aliphatic rings. The molecular formula is C37H24N2O. The summed E-state index contributed by atoms with van der Waals surface area (Å²) in [5.41, 5.74) is 8.16. The number of hydrogen-bond acceptors (Lipinski definition) is 3. The van der Waals surface area contributed by atoms with E-state index < -0.39 is 0 Å². The van der Waals surface area contributed by atoms with Crippen molar-refractivity contribution in [3.63, 3.8) is 0 Å². The number of anilines is 3. The van der Waals surface area contributed by atoms with Crippen molar-refractivity contribution in [3.8, 4) is 11.1 Å². The SMILES string of the molecule is c1ccc(-c2ccc(N(c3ccc4oc5cccnc5c4c3)c3cc4ccccc4c4ccccc34)cc2)cc1. The van der Waals surface area contributed by atoms with Gasteiger partial charge in [0.05, 0.1) is 5.69 Å². The molecule has 0 atom stereocenters. The summed E-state index contributed by atoms with van der Waals surface area (Å²) in [5.74, 6) is 0. The number of rotatable bonds is 4. The summed E-state index contributed by atoms with van der Waals surface area (Å²) in [6.07, 6.45) is 1.82. The van der Waals surface area contributed by atoms with Gasteiger partial charge >= 0.3 is 0 Å². The second kappa shape index (κ2) is 9.11. The summed E-state index contributed by atoms with van der Waals surface area (Å²) >= 11 is 0. The van der Waals surface area contributed by atoms with Gasteiger partial charge in [0.2, 0.25) is 0 Å². The summed E-state index contributed by atoms with van der Waals surface area (Å²) in [6, 6.07) is 49.2. The maximum absolute atomic E-state index is 6.11. The molecule has 0 saturated carbocycles. The fourth-order valence-corrected chi connectivity index (χ4v) is 5.81. The molecule has 0 radical (unpaired) electrons. The Hall–Kier alpha value is -5.41. The number of hydrogen-bond donors (Lipinski definition) is 0. The topological polar surface area (TPSA) is 29.3 Å². The van der Waals surface area contributed by atoms with Crippen LogP contribution in [-0.4, -0.2) is 4.98 Å². The highest BCUT2D eigenvalue weighted by Gasteiger charge is 2.19. The van der Waals surface area contributed by atoms with Gasteiger partial charge in [-0.15, -0.1) is 0 Å². The molecule has 0 spiro atoms. The highest BCUT2D eigenvalue weighted by Crippen LogP contribution is 2.43. The zero-order valence-corrected chi connectivity index (χ0v) is 21.7. The van der Waals surface area contributed by atoms with E-state index in [9.17, 15) is 0 Å². The largest absolute Gasteiger partial charge is 0.454 e. The molecule has 40 heavy (non-hydrogen) atoms. The van der Waals surface area contributed by atoms with Crippen molar-refractivity contribution >= 4 is 60.7 Å². The first-order valence-corrected chi connectivity index (χ1v) is 13.5. The first-order chi connectivity index (χ1) is 19.8. The average molecular weight is 513 g/mol. The normalized spacial score (nSPS) is 11.5. The molecule has 2 heterocycles. The monoisotopic (exact) mass is 512 g/mol. The minimum Gasteiger partial charge on any atom is -0.454 e. The fraction of sp³-hybridized carbons (Fsp3) is 0. The van der Waals surface area contributed by atoms with Crippen molar-refractivity contribution in [1.82, 2.24) is 4.98 Å². The van der Waals surface area contributed by atoms with Gasteiger partial charge in [-0.2, -0.15) is 0 Å². The lowest BCUT2D eigenvalue weighted by molar-refractivity contribution is 0.668. The molecule has 188 valence electrons. The zero-order chi connectivity index (χ0) is 26.5. The number of fused-ring (bicyclic) bond motifs is 6. The lowest BCUT2D eigenvalue weighted by Crippen LogP contribution is -2.10. The third kappa shape index (κ3) is 3.63. The Morgan fingerprint density at radius 1 is 0.475 bits per heavy atom. The van der Waals surface area contributed by atoms with Gasteiger partial charge in [0.15, 0.2) is 5.58 Å². The van der Waals surface area contributed by atoms with Gasteiger partial charge in [-0.1, -0.05) is 91.0 Å². The van der Waals surface area contributed by atoms with E-state index in [4.69, 9.17) is 4.42 Å². The number of aromatic nitrogens is 1. The van der Waals surface area contributed by atoms with Crippen molar-refractivity contribution in [2.24, 2.45) is 0 Å². The molecule has 3 nitrogen and oxygen atoms in total. The molecule has 0 aliphatic heterocycles. The third-order valence-electron chi connectivity index (χ3n) is 7.69. The Kier molecular flexibility index (Phi) is 5.14. The molecule has 8 rings (SSSR count). The molecule has 3 heteroatoms. The Bertz CT molecular complexity index is 2160. The van der Waals surface area contributed by atoms with E-state index in [-0.39, 0.29) is 0 Å². The smallest absolute Gasteiger partial charge is 0.153 e. The van der Waals surface area contributed by atoms with Crippen LogP contribution in [0.15, 0.2) is 150 Å². The van der Waals surface area contributed by atoms with E-state index in [1.165, 1.54) is 32.7 Å². The Morgan fingerprint density at radius 3 is 2.02 bits per heavy atom. The van der Waals surface area contributed by atoms with E-state index >= 15 is 0 Å². The molecule has 0 fully saturated rings. The van der Waals surface area contributed by atoms with Crippen LogP contribution in [-0.2, 0) is 0 Å². The Morgan fingerprint density at radius 2 is 1.18 bits per heavy atom. The van der Waals surface area contributed by atoms with E-state index in [1.54, 1.807) is 0 Å². The van der Waals surface area contributed by atoms with Crippen LogP contribution >= 0.6 is 0 Å². The van der Waals surface area contributed by atoms with Crippen LogP contribution in [0.3, 0.4) is 0 Å². The first kappa shape index (κ1) is 22.6. The minimum atomic E-state index is 0.796. The Balaban J connectivity index is 1.39. The average Bonchev–Trinajstić information content (AvgIpc) is 3.40. The molecule has 8 aromatic rings. The molecular weight excluding hydrogens is 488 g/mol. The van der Waals surface area contributed by atoms with Gasteiger partial charge in [-0.3, -0.25) is 4.98 Å². The van der Waals surface area contributed by atoms with Crippen molar-refractivity contribution in [2.45, 2.75) is 0 Å². The fourth-order valence-electron chi connectivity index (χ4n) is 5.81. The van der Waals surface area contributed by atoms with Crippen LogP contribution in [0, 0.1) is 0 Å². The molecule has 0 amide bonds. The first-order valence-electron chi connectivity index (χ1n) is 13.5. The standard InChI is InChI=1S/C37H24N2O/c1-2-9-25(10-3-1)26-16-18-28(19-17-26)39(29-20-21-35-33(24-29)37-36(40-35)15-8-22-38-37)34-23-27-11-4-5-12-30(27)31-13-6-7-14-32(31)34/h1-24H. The van der Waals surface area contributed by atoms with Crippen LogP contribution in [0.2, 0.25) is 0 Å². The van der Waals surface area contributed by atoms with Gasteiger partial charge < -0.3 is 9.32 Å². The van der Waals surface area contributed by atoms with E-state index in [0.29, 0.717) is 0 Å². The summed E-state index contributed by atoms with van der Waals surface area (Å²) in [6.45, 7) is 0. The van der Waals surface area contributed by atoms with Crippen molar-refractivity contribution in [1.29, 1.82) is 0 Å². The predicted molar refractivity (Wildman–Crippen MR) is 167 cm³/mol. The van der Waals surface area contributed by atoms with Gasteiger partial charge in [-0.05, 0) is 75.8 Å². The maximum atomic E-state index is 6.11. The molecule has 0 unspecified atom stereocenters. The number of nitrogens with zero attached hydrogens (tertiary/aromatic N) is 2. The molecule has 0 bridgehead atoms. The molecule has 0 aliphatic carbocycles. The molecule has 6 aromatic carbocycles. The summed E-state index contributed by atoms with van der Waals surface area (Å²) in [7, 11) is 0. The molecule has 2 aromatic heterocycles.